The highest BCUT2D eigenvalue weighted by Gasteiger charge is 2.38. The van der Waals surface area contributed by atoms with Crippen LogP contribution < -0.4 is 4.90 Å². The molecule has 0 aromatic heterocycles. The molecule has 1 N–H and O–H groups in total. The quantitative estimate of drug-likeness (QED) is 0.460. The third-order valence-electron chi connectivity index (χ3n) is 7.30. The molecule has 1 saturated heterocycles. The zero-order chi connectivity index (χ0) is 25.2. The van der Waals surface area contributed by atoms with Crippen molar-refractivity contribution in [3.8, 4) is 5.75 Å². The number of anilines is 1. The molecule has 1 unspecified atom stereocenters. The Labute approximate surface area is 216 Å². The van der Waals surface area contributed by atoms with Crippen molar-refractivity contribution in [2.45, 2.75) is 32.4 Å². The van der Waals surface area contributed by atoms with E-state index in [0.29, 0.717) is 27.9 Å². The van der Waals surface area contributed by atoms with Crippen molar-refractivity contribution in [3.05, 3.63) is 94.0 Å². The summed E-state index contributed by atoms with van der Waals surface area (Å²) in [5, 5.41) is 10.1. The van der Waals surface area contributed by atoms with Crippen LogP contribution in [0.2, 0.25) is 5.02 Å². The number of aromatic hydroxyl groups is 1. The molecule has 0 saturated carbocycles. The molecule has 0 bridgehead atoms. The molecule has 186 valence electrons. The van der Waals surface area contributed by atoms with E-state index in [4.69, 9.17) is 11.6 Å². The lowest BCUT2D eigenvalue weighted by Gasteiger charge is -2.39. The molecule has 0 spiro atoms. The molecule has 1 atom stereocenters. The number of benzene rings is 3. The number of halogens is 1. The molecule has 3 aromatic rings. The summed E-state index contributed by atoms with van der Waals surface area (Å²) in [4.78, 5) is 32.5. The number of phenolic OH excluding ortho intramolecular Hbond substituents is 1. The minimum Gasteiger partial charge on any atom is -0.508 e. The van der Waals surface area contributed by atoms with E-state index in [9.17, 15) is 14.7 Å². The first kappa shape index (κ1) is 24.3. The van der Waals surface area contributed by atoms with Crippen LogP contribution in [0.1, 0.15) is 45.2 Å². The van der Waals surface area contributed by atoms with Crippen LogP contribution in [-0.2, 0) is 13.0 Å². The standard InChI is InChI=1S/C29H30ClN3O3/c1-20(5-6-21-9-13-24(34)14-10-21)31-15-17-32(18-16-31)26-4-2-3-25-27(26)29(36)33(28(25)35)19-22-7-11-23(30)12-8-22/h2-4,7-14,20,34H,5-6,15-19H2,1H3. The van der Waals surface area contributed by atoms with Crippen LogP contribution in [0.5, 0.6) is 5.75 Å². The Balaban J connectivity index is 1.23. The molecule has 1 fully saturated rings. The maximum absolute atomic E-state index is 13.4. The third-order valence-corrected chi connectivity index (χ3v) is 7.55. The molecular weight excluding hydrogens is 474 g/mol. The van der Waals surface area contributed by atoms with Gasteiger partial charge in [0.25, 0.3) is 11.8 Å². The lowest BCUT2D eigenvalue weighted by molar-refractivity contribution is 0.0642. The number of carbonyl (C=O) groups is 2. The highest BCUT2D eigenvalue weighted by molar-refractivity contribution is 6.30. The smallest absolute Gasteiger partial charge is 0.263 e. The number of hydrogen-bond donors (Lipinski definition) is 1. The largest absolute Gasteiger partial charge is 0.508 e. The van der Waals surface area contributed by atoms with Gasteiger partial charge in [-0.2, -0.15) is 0 Å². The summed E-state index contributed by atoms with van der Waals surface area (Å²) in [6.07, 6.45) is 2.01. The molecule has 6 nitrogen and oxygen atoms in total. The number of carbonyl (C=O) groups excluding carboxylic acids is 2. The van der Waals surface area contributed by atoms with E-state index in [1.807, 2.05) is 36.4 Å². The number of phenols is 1. The van der Waals surface area contributed by atoms with E-state index < -0.39 is 0 Å². The molecule has 2 amide bonds. The van der Waals surface area contributed by atoms with Crippen molar-refractivity contribution in [2.24, 2.45) is 0 Å². The molecule has 2 heterocycles. The number of fused-ring (bicyclic) bond motifs is 1. The maximum atomic E-state index is 13.4. The average Bonchev–Trinajstić information content (AvgIpc) is 3.14. The van der Waals surface area contributed by atoms with Gasteiger partial charge in [0.2, 0.25) is 0 Å². The van der Waals surface area contributed by atoms with Gasteiger partial charge in [0.15, 0.2) is 0 Å². The minimum absolute atomic E-state index is 0.231. The second kappa shape index (κ2) is 10.3. The predicted molar refractivity (Wildman–Crippen MR) is 142 cm³/mol. The van der Waals surface area contributed by atoms with Crippen LogP contribution in [0.25, 0.3) is 0 Å². The summed E-state index contributed by atoms with van der Waals surface area (Å²) >= 11 is 5.98. The Hall–Kier alpha value is -3.35. The first-order valence-corrected chi connectivity index (χ1v) is 12.8. The van der Waals surface area contributed by atoms with Crippen LogP contribution in [-0.4, -0.2) is 58.9 Å². The average molecular weight is 504 g/mol. The van der Waals surface area contributed by atoms with Crippen LogP contribution >= 0.6 is 11.6 Å². The summed E-state index contributed by atoms with van der Waals surface area (Å²) < 4.78 is 0. The number of amides is 2. The first-order chi connectivity index (χ1) is 17.4. The molecule has 2 aliphatic rings. The highest BCUT2D eigenvalue weighted by Crippen LogP contribution is 2.33. The van der Waals surface area contributed by atoms with Gasteiger partial charge in [0, 0.05) is 37.2 Å². The Morgan fingerprint density at radius 1 is 0.861 bits per heavy atom. The molecule has 7 heteroatoms. The number of aryl methyl sites for hydroxylation is 1. The van der Waals surface area contributed by atoms with Crippen molar-refractivity contribution in [1.29, 1.82) is 0 Å². The van der Waals surface area contributed by atoms with E-state index in [2.05, 4.69) is 16.7 Å². The van der Waals surface area contributed by atoms with Gasteiger partial charge in [-0.3, -0.25) is 19.4 Å². The monoisotopic (exact) mass is 503 g/mol. The second-order valence-electron chi connectivity index (χ2n) is 9.60. The van der Waals surface area contributed by atoms with E-state index >= 15 is 0 Å². The maximum Gasteiger partial charge on any atom is 0.263 e. The fraction of sp³-hybridized carbons (Fsp3) is 0.310. The van der Waals surface area contributed by atoms with Gasteiger partial charge in [-0.25, -0.2) is 0 Å². The van der Waals surface area contributed by atoms with Crippen LogP contribution in [0, 0.1) is 0 Å². The van der Waals surface area contributed by atoms with Crippen molar-refractivity contribution in [1.82, 2.24) is 9.80 Å². The van der Waals surface area contributed by atoms with Crippen LogP contribution in [0.3, 0.4) is 0 Å². The van der Waals surface area contributed by atoms with Crippen LogP contribution in [0.4, 0.5) is 5.69 Å². The summed E-state index contributed by atoms with van der Waals surface area (Å²) in [5.41, 5.74) is 3.94. The summed E-state index contributed by atoms with van der Waals surface area (Å²) in [6.45, 7) is 5.90. The normalized spacial score (nSPS) is 16.9. The second-order valence-corrected chi connectivity index (χ2v) is 10.0. The lowest BCUT2D eigenvalue weighted by Crippen LogP contribution is -2.50. The Bertz CT molecular complexity index is 1250. The van der Waals surface area contributed by atoms with Gasteiger partial charge in [-0.1, -0.05) is 41.9 Å². The van der Waals surface area contributed by atoms with Gasteiger partial charge >= 0.3 is 0 Å². The number of nitrogens with zero attached hydrogens (tertiary/aromatic N) is 3. The fourth-order valence-corrected chi connectivity index (χ4v) is 5.25. The zero-order valence-corrected chi connectivity index (χ0v) is 21.1. The lowest BCUT2D eigenvalue weighted by atomic mass is 10.0. The topological polar surface area (TPSA) is 64.1 Å². The fourth-order valence-electron chi connectivity index (χ4n) is 5.12. The molecule has 0 radical (unpaired) electrons. The van der Waals surface area contributed by atoms with Gasteiger partial charge in [-0.05, 0) is 67.3 Å². The predicted octanol–water partition coefficient (Wildman–Crippen LogP) is 4.99. The summed E-state index contributed by atoms with van der Waals surface area (Å²) in [5.74, 6) is -0.179. The number of rotatable bonds is 7. The van der Waals surface area contributed by atoms with Crippen molar-refractivity contribution in [3.63, 3.8) is 0 Å². The van der Waals surface area contributed by atoms with E-state index in [1.165, 1.54) is 10.5 Å². The molecule has 3 aromatic carbocycles. The number of hydrogen-bond acceptors (Lipinski definition) is 5. The highest BCUT2D eigenvalue weighted by atomic mass is 35.5. The van der Waals surface area contributed by atoms with Crippen LogP contribution in [0.15, 0.2) is 66.7 Å². The van der Waals surface area contributed by atoms with Crippen molar-refractivity contribution in [2.75, 3.05) is 31.1 Å². The first-order valence-electron chi connectivity index (χ1n) is 12.4. The zero-order valence-electron chi connectivity index (χ0n) is 20.4. The van der Waals surface area contributed by atoms with E-state index in [0.717, 1.165) is 50.3 Å². The molecule has 36 heavy (non-hydrogen) atoms. The summed E-state index contributed by atoms with van der Waals surface area (Å²) in [6, 6.07) is 20.7. The van der Waals surface area contributed by atoms with Crippen molar-refractivity contribution < 1.29 is 14.7 Å². The minimum atomic E-state index is -0.242. The van der Waals surface area contributed by atoms with Crippen molar-refractivity contribution >= 4 is 29.1 Å². The molecule has 5 rings (SSSR count). The Morgan fingerprint density at radius 3 is 2.22 bits per heavy atom. The Morgan fingerprint density at radius 2 is 1.53 bits per heavy atom. The van der Waals surface area contributed by atoms with Gasteiger partial charge in [-0.15, -0.1) is 0 Å². The SMILES string of the molecule is CC(CCc1ccc(O)cc1)N1CCN(c2cccc3c2C(=O)N(Cc2ccc(Cl)cc2)C3=O)CC1. The molecule has 2 aliphatic heterocycles. The summed E-state index contributed by atoms with van der Waals surface area (Å²) in [7, 11) is 0. The molecule has 0 aliphatic carbocycles. The van der Waals surface area contributed by atoms with Gasteiger partial charge in [0.1, 0.15) is 5.75 Å². The van der Waals surface area contributed by atoms with E-state index in [1.54, 1.807) is 30.3 Å². The van der Waals surface area contributed by atoms with Gasteiger partial charge in [0.05, 0.1) is 23.4 Å². The van der Waals surface area contributed by atoms with E-state index in [-0.39, 0.29) is 18.4 Å². The van der Waals surface area contributed by atoms with Gasteiger partial charge < -0.3 is 10.0 Å². The number of piperazine rings is 1. The molecular formula is C29H30ClN3O3. The number of imide groups is 1. The third kappa shape index (κ3) is 4.97. The Kier molecular flexibility index (Phi) is 6.99.